The minimum absolute atomic E-state index is 0.201. The van der Waals surface area contributed by atoms with Gasteiger partial charge in [-0.05, 0) is 44.5 Å². The normalized spacial score (nSPS) is 11.1. The molecule has 0 aliphatic carbocycles. The van der Waals surface area contributed by atoms with Crippen molar-refractivity contribution in [2.45, 2.75) is 32.9 Å². The van der Waals surface area contributed by atoms with Crippen LogP contribution < -0.4 is 0 Å². The van der Waals surface area contributed by atoms with Crippen molar-refractivity contribution in [3.05, 3.63) is 63.7 Å². The average molecular weight is 378 g/mol. The number of amides is 1. The quantitative estimate of drug-likeness (QED) is 0.434. The number of benzene rings is 1. The minimum Gasteiger partial charge on any atom is -0.450 e. The Kier molecular flexibility index (Phi) is 5.94. The molecule has 0 radical (unpaired) electrons. The molecule has 0 aliphatic heterocycles. The van der Waals surface area contributed by atoms with Gasteiger partial charge in [0.05, 0.1) is 6.07 Å². The van der Waals surface area contributed by atoms with Crippen molar-refractivity contribution < 1.29 is 28.1 Å². The zero-order valence-electron chi connectivity index (χ0n) is 15.1. The SMILES string of the molecule is CC(C)(C)N(Cc1ccc(F)cc1)C(=O)COC(=O)c1ccc([N+](=O)[O-])o1. The first-order valence-corrected chi connectivity index (χ1v) is 8.04. The van der Waals surface area contributed by atoms with E-state index in [9.17, 15) is 24.1 Å². The molecule has 0 aliphatic rings. The molecule has 0 fully saturated rings. The van der Waals surface area contributed by atoms with Gasteiger partial charge >= 0.3 is 11.9 Å². The summed E-state index contributed by atoms with van der Waals surface area (Å²) >= 11 is 0. The Balaban J connectivity index is 2.03. The molecular weight excluding hydrogens is 359 g/mol. The van der Waals surface area contributed by atoms with Gasteiger partial charge in [-0.25, -0.2) is 9.18 Å². The third-order valence-electron chi connectivity index (χ3n) is 3.66. The van der Waals surface area contributed by atoms with Crippen LogP contribution in [0, 0.1) is 15.9 Å². The molecular formula is C18H19FN2O6. The summed E-state index contributed by atoms with van der Waals surface area (Å²) in [6.45, 7) is 5.07. The van der Waals surface area contributed by atoms with E-state index in [0.29, 0.717) is 5.56 Å². The van der Waals surface area contributed by atoms with Crippen molar-refractivity contribution in [1.29, 1.82) is 0 Å². The van der Waals surface area contributed by atoms with Gasteiger partial charge in [-0.2, -0.15) is 0 Å². The number of nitrogens with zero attached hydrogens (tertiary/aromatic N) is 2. The summed E-state index contributed by atoms with van der Waals surface area (Å²) in [7, 11) is 0. The van der Waals surface area contributed by atoms with Crippen LogP contribution in [0.4, 0.5) is 10.3 Å². The van der Waals surface area contributed by atoms with Crippen LogP contribution in [0.2, 0.25) is 0 Å². The van der Waals surface area contributed by atoms with E-state index in [1.807, 2.05) is 20.8 Å². The van der Waals surface area contributed by atoms with Crippen molar-refractivity contribution in [2.75, 3.05) is 6.61 Å². The second-order valence-electron chi connectivity index (χ2n) is 6.75. The number of halogens is 1. The molecule has 8 nitrogen and oxygen atoms in total. The Hall–Kier alpha value is -3.23. The van der Waals surface area contributed by atoms with Crippen molar-refractivity contribution in [3.63, 3.8) is 0 Å². The van der Waals surface area contributed by atoms with Gasteiger partial charge < -0.3 is 14.1 Å². The number of carbonyl (C=O) groups is 2. The highest BCUT2D eigenvalue weighted by atomic mass is 19.1. The molecule has 0 bridgehead atoms. The van der Waals surface area contributed by atoms with Crippen LogP contribution in [-0.4, -0.2) is 33.8 Å². The van der Waals surface area contributed by atoms with Gasteiger partial charge in [0, 0.05) is 12.1 Å². The number of furan rings is 1. The van der Waals surface area contributed by atoms with Crippen LogP contribution in [0.25, 0.3) is 0 Å². The van der Waals surface area contributed by atoms with Crippen molar-refractivity contribution in [1.82, 2.24) is 4.90 Å². The van der Waals surface area contributed by atoms with Crippen LogP contribution in [0.3, 0.4) is 0 Å². The molecule has 27 heavy (non-hydrogen) atoms. The third kappa shape index (κ3) is 5.37. The van der Waals surface area contributed by atoms with Gasteiger partial charge in [0.25, 0.3) is 5.91 Å². The molecule has 1 aromatic carbocycles. The standard InChI is InChI=1S/C18H19FN2O6/c1-18(2,3)20(10-12-4-6-13(19)7-5-12)15(22)11-26-17(23)14-8-9-16(27-14)21(24)25/h4-9H,10-11H2,1-3H3. The highest BCUT2D eigenvalue weighted by molar-refractivity contribution is 5.89. The number of esters is 1. The zero-order valence-corrected chi connectivity index (χ0v) is 15.1. The maximum atomic E-state index is 13.1. The molecule has 0 atom stereocenters. The van der Waals surface area contributed by atoms with E-state index < -0.39 is 34.8 Å². The Bertz CT molecular complexity index is 838. The number of ether oxygens (including phenoxy) is 1. The topological polar surface area (TPSA) is 103 Å². The van der Waals surface area contributed by atoms with Gasteiger partial charge in [-0.15, -0.1) is 0 Å². The molecule has 0 saturated heterocycles. The molecule has 0 saturated carbocycles. The van der Waals surface area contributed by atoms with Gasteiger partial charge in [0.1, 0.15) is 10.7 Å². The predicted molar refractivity (Wildman–Crippen MR) is 92.3 cm³/mol. The van der Waals surface area contributed by atoms with Gasteiger partial charge in [-0.1, -0.05) is 12.1 Å². The monoisotopic (exact) mass is 378 g/mol. The lowest BCUT2D eigenvalue weighted by molar-refractivity contribution is -0.402. The molecule has 9 heteroatoms. The summed E-state index contributed by atoms with van der Waals surface area (Å²) in [6.07, 6.45) is 0. The summed E-state index contributed by atoms with van der Waals surface area (Å²) in [5.41, 5.74) is 0.133. The fourth-order valence-corrected chi connectivity index (χ4v) is 2.28. The van der Waals surface area contributed by atoms with E-state index in [1.54, 1.807) is 12.1 Å². The van der Waals surface area contributed by atoms with Crippen LogP contribution in [0.1, 0.15) is 36.9 Å². The van der Waals surface area contributed by atoms with E-state index in [2.05, 4.69) is 0 Å². The van der Waals surface area contributed by atoms with Crippen molar-refractivity contribution in [2.24, 2.45) is 0 Å². The van der Waals surface area contributed by atoms with Crippen molar-refractivity contribution >= 4 is 17.8 Å². The second kappa shape index (κ2) is 7.98. The maximum Gasteiger partial charge on any atom is 0.433 e. The molecule has 1 amide bonds. The number of hydrogen-bond donors (Lipinski definition) is 0. The summed E-state index contributed by atoms with van der Waals surface area (Å²) in [5.74, 6) is -2.79. The first kappa shape index (κ1) is 20.1. The van der Waals surface area contributed by atoms with Gasteiger partial charge in [0.2, 0.25) is 5.76 Å². The Labute approximate surface area is 154 Å². The lowest BCUT2D eigenvalue weighted by atomic mass is 10.0. The third-order valence-corrected chi connectivity index (χ3v) is 3.66. The highest BCUT2D eigenvalue weighted by Gasteiger charge is 2.28. The Morgan fingerprint density at radius 2 is 1.81 bits per heavy atom. The van der Waals surface area contributed by atoms with Gasteiger partial charge in [-0.3, -0.25) is 14.9 Å². The molecule has 144 valence electrons. The van der Waals surface area contributed by atoms with Crippen LogP contribution in [0.5, 0.6) is 0 Å². The van der Waals surface area contributed by atoms with Crippen LogP contribution >= 0.6 is 0 Å². The highest BCUT2D eigenvalue weighted by Crippen LogP contribution is 2.19. The smallest absolute Gasteiger partial charge is 0.433 e. The molecule has 1 aromatic heterocycles. The fourth-order valence-electron chi connectivity index (χ4n) is 2.28. The van der Waals surface area contributed by atoms with E-state index in [0.717, 1.165) is 12.1 Å². The fraction of sp³-hybridized carbons (Fsp3) is 0.333. The van der Waals surface area contributed by atoms with Crippen LogP contribution in [-0.2, 0) is 16.1 Å². The molecule has 0 spiro atoms. The maximum absolute atomic E-state index is 13.1. The Morgan fingerprint density at radius 3 is 2.33 bits per heavy atom. The predicted octanol–water partition coefficient (Wildman–Crippen LogP) is 3.31. The summed E-state index contributed by atoms with van der Waals surface area (Å²) < 4.78 is 22.7. The number of hydrogen-bond acceptors (Lipinski definition) is 6. The molecule has 2 rings (SSSR count). The Morgan fingerprint density at radius 1 is 1.19 bits per heavy atom. The first-order chi connectivity index (χ1) is 12.6. The molecule has 0 N–H and O–H groups in total. The van der Waals surface area contributed by atoms with E-state index >= 15 is 0 Å². The number of rotatable bonds is 6. The molecule has 1 heterocycles. The second-order valence-corrected chi connectivity index (χ2v) is 6.75. The molecule has 2 aromatic rings. The van der Waals surface area contributed by atoms with E-state index in [-0.39, 0.29) is 18.1 Å². The average Bonchev–Trinajstić information content (AvgIpc) is 3.08. The molecule has 0 unspecified atom stereocenters. The first-order valence-electron chi connectivity index (χ1n) is 8.04. The largest absolute Gasteiger partial charge is 0.450 e. The number of carbonyl (C=O) groups excluding carboxylic acids is 2. The zero-order chi connectivity index (χ0) is 20.2. The van der Waals surface area contributed by atoms with Crippen LogP contribution in [0.15, 0.2) is 40.8 Å². The summed E-state index contributed by atoms with van der Waals surface area (Å²) in [4.78, 5) is 35.7. The summed E-state index contributed by atoms with van der Waals surface area (Å²) in [5, 5.41) is 10.6. The summed E-state index contributed by atoms with van der Waals surface area (Å²) in [6, 6.07) is 7.85. The van der Waals surface area contributed by atoms with E-state index in [4.69, 9.17) is 9.15 Å². The van der Waals surface area contributed by atoms with E-state index in [1.165, 1.54) is 17.0 Å². The van der Waals surface area contributed by atoms with Crippen molar-refractivity contribution in [3.8, 4) is 0 Å². The lowest BCUT2D eigenvalue weighted by Crippen LogP contribution is -2.46. The number of nitro groups is 1. The lowest BCUT2D eigenvalue weighted by Gasteiger charge is -2.35. The van der Waals surface area contributed by atoms with Gasteiger partial charge in [0.15, 0.2) is 6.61 Å². The minimum atomic E-state index is -0.980.